The standard InChI is InChI=1S/C18H18N2/c1-13-7-8-16-12-15(9-10-18(16)20-13)17(19)11-14-5-3-2-4-6-14/h2-10,12,17H,11,19H2,1H3. The fourth-order valence-electron chi connectivity index (χ4n) is 2.46. The average molecular weight is 262 g/mol. The van der Waals surface area contributed by atoms with Crippen LogP contribution < -0.4 is 5.73 Å². The smallest absolute Gasteiger partial charge is 0.0705 e. The molecule has 2 nitrogen and oxygen atoms in total. The van der Waals surface area contributed by atoms with Gasteiger partial charge >= 0.3 is 0 Å². The average Bonchev–Trinajstić information content (AvgIpc) is 2.47. The lowest BCUT2D eigenvalue weighted by Gasteiger charge is -2.13. The number of pyridine rings is 1. The molecule has 2 aromatic carbocycles. The summed E-state index contributed by atoms with van der Waals surface area (Å²) in [7, 11) is 0. The molecule has 0 amide bonds. The third-order valence-corrected chi connectivity index (χ3v) is 3.58. The molecule has 0 spiro atoms. The number of aromatic nitrogens is 1. The van der Waals surface area contributed by atoms with Crippen molar-refractivity contribution in [2.75, 3.05) is 0 Å². The first-order valence-corrected chi connectivity index (χ1v) is 6.89. The molecule has 0 saturated heterocycles. The molecule has 0 aliphatic heterocycles. The van der Waals surface area contributed by atoms with E-state index in [0.717, 1.165) is 28.6 Å². The first kappa shape index (κ1) is 12.8. The second kappa shape index (κ2) is 5.43. The highest BCUT2D eigenvalue weighted by atomic mass is 14.7. The summed E-state index contributed by atoms with van der Waals surface area (Å²) in [5, 5.41) is 1.15. The molecular formula is C18H18N2. The minimum atomic E-state index is 0.0168. The van der Waals surface area contributed by atoms with Crippen LogP contribution in [0.3, 0.4) is 0 Å². The lowest BCUT2D eigenvalue weighted by molar-refractivity contribution is 0.723. The Kier molecular flexibility index (Phi) is 3.48. The molecule has 1 heterocycles. The van der Waals surface area contributed by atoms with Gasteiger partial charge in [-0.15, -0.1) is 0 Å². The van der Waals surface area contributed by atoms with Gasteiger partial charge < -0.3 is 5.73 Å². The molecule has 3 aromatic rings. The van der Waals surface area contributed by atoms with Crippen LogP contribution in [0.15, 0.2) is 60.7 Å². The maximum Gasteiger partial charge on any atom is 0.0705 e. The van der Waals surface area contributed by atoms with Crippen LogP contribution in [-0.2, 0) is 6.42 Å². The Hall–Kier alpha value is -2.19. The zero-order valence-electron chi connectivity index (χ0n) is 11.6. The number of benzene rings is 2. The highest BCUT2D eigenvalue weighted by Crippen LogP contribution is 2.21. The van der Waals surface area contributed by atoms with E-state index >= 15 is 0 Å². The van der Waals surface area contributed by atoms with E-state index in [9.17, 15) is 0 Å². The number of nitrogens with zero attached hydrogens (tertiary/aromatic N) is 1. The summed E-state index contributed by atoms with van der Waals surface area (Å²) in [5.74, 6) is 0. The van der Waals surface area contributed by atoms with Crippen molar-refractivity contribution >= 4 is 10.9 Å². The summed E-state index contributed by atoms with van der Waals surface area (Å²) in [6.45, 7) is 2.01. The molecule has 0 saturated carbocycles. The first-order chi connectivity index (χ1) is 9.72. The predicted molar refractivity (Wildman–Crippen MR) is 83.6 cm³/mol. The predicted octanol–water partition coefficient (Wildman–Crippen LogP) is 3.79. The molecule has 20 heavy (non-hydrogen) atoms. The Morgan fingerprint density at radius 1 is 1.00 bits per heavy atom. The zero-order valence-corrected chi connectivity index (χ0v) is 11.6. The minimum Gasteiger partial charge on any atom is -0.324 e. The van der Waals surface area contributed by atoms with Gasteiger partial charge in [-0.25, -0.2) is 0 Å². The molecule has 1 unspecified atom stereocenters. The minimum absolute atomic E-state index is 0.0168. The molecule has 3 rings (SSSR count). The van der Waals surface area contributed by atoms with Crippen LogP contribution in [0.5, 0.6) is 0 Å². The Morgan fingerprint density at radius 3 is 2.60 bits per heavy atom. The van der Waals surface area contributed by atoms with Gasteiger partial charge in [-0.05, 0) is 42.7 Å². The molecule has 100 valence electrons. The van der Waals surface area contributed by atoms with Gasteiger partial charge in [-0.2, -0.15) is 0 Å². The zero-order chi connectivity index (χ0) is 13.9. The topological polar surface area (TPSA) is 38.9 Å². The number of rotatable bonds is 3. The van der Waals surface area contributed by atoms with Gasteiger partial charge in [-0.3, -0.25) is 4.98 Å². The summed E-state index contributed by atoms with van der Waals surface area (Å²) in [4.78, 5) is 4.52. The highest BCUT2D eigenvalue weighted by Gasteiger charge is 2.08. The summed E-state index contributed by atoms with van der Waals surface area (Å²) in [6.07, 6.45) is 0.853. The van der Waals surface area contributed by atoms with Crippen molar-refractivity contribution < 1.29 is 0 Å². The monoisotopic (exact) mass is 262 g/mol. The number of hydrogen-bond acceptors (Lipinski definition) is 2. The summed E-state index contributed by atoms with van der Waals surface area (Å²) in [5.41, 5.74) is 10.8. The Labute approximate surface area is 119 Å². The Balaban J connectivity index is 1.88. The fourth-order valence-corrected chi connectivity index (χ4v) is 2.46. The van der Waals surface area contributed by atoms with E-state index in [-0.39, 0.29) is 6.04 Å². The van der Waals surface area contributed by atoms with Crippen molar-refractivity contribution in [2.24, 2.45) is 5.73 Å². The third-order valence-electron chi connectivity index (χ3n) is 3.58. The summed E-state index contributed by atoms with van der Waals surface area (Å²) in [6, 6.07) is 20.8. The molecule has 0 aliphatic rings. The van der Waals surface area contributed by atoms with Gasteiger partial charge in [0, 0.05) is 17.1 Å². The van der Waals surface area contributed by atoms with Crippen LogP contribution in [0.25, 0.3) is 10.9 Å². The lowest BCUT2D eigenvalue weighted by atomic mass is 9.98. The molecule has 0 radical (unpaired) electrons. The molecule has 1 atom stereocenters. The molecule has 2 heteroatoms. The van der Waals surface area contributed by atoms with E-state index in [1.54, 1.807) is 0 Å². The van der Waals surface area contributed by atoms with Crippen LogP contribution in [0, 0.1) is 6.92 Å². The van der Waals surface area contributed by atoms with Crippen LogP contribution in [0.1, 0.15) is 22.9 Å². The quantitative estimate of drug-likeness (QED) is 0.780. The summed E-state index contributed by atoms with van der Waals surface area (Å²) >= 11 is 0. The lowest BCUT2D eigenvalue weighted by Crippen LogP contribution is -2.13. The fraction of sp³-hybridized carbons (Fsp3) is 0.167. The number of aryl methyl sites for hydroxylation is 1. The number of hydrogen-bond donors (Lipinski definition) is 1. The number of nitrogens with two attached hydrogens (primary N) is 1. The molecular weight excluding hydrogens is 244 g/mol. The van der Waals surface area contributed by atoms with Gasteiger partial charge in [-0.1, -0.05) is 42.5 Å². The van der Waals surface area contributed by atoms with E-state index in [1.807, 2.05) is 19.1 Å². The second-order valence-electron chi connectivity index (χ2n) is 5.20. The maximum atomic E-state index is 6.33. The maximum absolute atomic E-state index is 6.33. The second-order valence-corrected chi connectivity index (χ2v) is 5.20. The normalized spacial score (nSPS) is 12.5. The summed E-state index contributed by atoms with van der Waals surface area (Å²) < 4.78 is 0. The largest absolute Gasteiger partial charge is 0.324 e. The van der Waals surface area contributed by atoms with Crippen LogP contribution >= 0.6 is 0 Å². The van der Waals surface area contributed by atoms with Gasteiger partial charge in [0.05, 0.1) is 5.52 Å². The van der Waals surface area contributed by atoms with Gasteiger partial charge in [0.1, 0.15) is 0 Å². The highest BCUT2D eigenvalue weighted by molar-refractivity contribution is 5.79. The van der Waals surface area contributed by atoms with Crippen LogP contribution in [0.2, 0.25) is 0 Å². The van der Waals surface area contributed by atoms with E-state index in [2.05, 4.69) is 53.5 Å². The SMILES string of the molecule is Cc1ccc2cc(C(N)Cc3ccccc3)ccc2n1. The molecule has 2 N–H and O–H groups in total. The first-order valence-electron chi connectivity index (χ1n) is 6.89. The van der Waals surface area contributed by atoms with E-state index < -0.39 is 0 Å². The van der Waals surface area contributed by atoms with Crippen molar-refractivity contribution in [3.05, 3.63) is 77.5 Å². The molecule has 0 aliphatic carbocycles. The van der Waals surface area contributed by atoms with Crippen LogP contribution in [-0.4, -0.2) is 4.98 Å². The number of fused-ring (bicyclic) bond motifs is 1. The van der Waals surface area contributed by atoms with E-state index in [0.29, 0.717) is 0 Å². The van der Waals surface area contributed by atoms with Crippen molar-refractivity contribution in [3.8, 4) is 0 Å². The molecule has 0 bridgehead atoms. The molecule has 1 aromatic heterocycles. The Bertz CT molecular complexity index is 720. The third kappa shape index (κ3) is 2.70. The van der Waals surface area contributed by atoms with Crippen LogP contribution in [0.4, 0.5) is 0 Å². The van der Waals surface area contributed by atoms with Crippen molar-refractivity contribution in [1.82, 2.24) is 4.98 Å². The van der Waals surface area contributed by atoms with Gasteiger partial charge in [0.25, 0.3) is 0 Å². The Morgan fingerprint density at radius 2 is 1.80 bits per heavy atom. The molecule has 0 fully saturated rings. The van der Waals surface area contributed by atoms with E-state index in [1.165, 1.54) is 5.56 Å². The van der Waals surface area contributed by atoms with Crippen molar-refractivity contribution in [3.63, 3.8) is 0 Å². The van der Waals surface area contributed by atoms with Crippen molar-refractivity contribution in [2.45, 2.75) is 19.4 Å². The van der Waals surface area contributed by atoms with Crippen molar-refractivity contribution in [1.29, 1.82) is 0 Å². The van der Waals surface area contributed by atoms with E-state index in [4.69, 9.17) is 5.73 Å². The van der Waals surface area contributed by atoms with Gasteiger partial charge in [0.2, 0.25) is 0 Å². The van der Waals surface area contributed by atoms with Gasteiger partial charge in [0.15, 0.2) is 0 Å².